The summed E-state index contributed by atoms with van der Waals surface area (Å²) in [7, 11) is 0. The van der Waals surface area contributed by atoms with Crippen LogP contribution in [0.3, 0.4) is 0 Å². The molecule has 0 saturated heterocycles. The number of nitrogen functional groups attached to an aromatic ring is 1. The molecule has 2 aromatic rings. The first-order valence-corrected chi connectivity index (χ1v) is 5.07. The number of anilines is 3. The summed E-state index contributed by atoms with van der Waals surface area (Å²) >= 11 is 0. The topological polar surface area (TPSA) is 63.8 Å². The number of nitrogens with one attached hydrogen (secondary N) is 1. The lowest BCUT2D eigenvalue weighted by Gasteiger charge is -2.06. The van der Waals surface area contributed by atoms with Crippen LogP contribution in [0.4, 0.5) is 17.3 Å². The molecule has 2 heterocycles. The number of aromatic nitrogens is 2. The van der Waals surface area contributed by atoms with Gasteiger partial charge in [0.05, 0.1) is 11.9 Å². The minimum atomic E-state index is 0.697. The maximum Gasteiger partial charge on any atom is 0.131 e. The molecule has 0 spiro atoms. The van der Waals surface area contributed by atoms with Crippen molar-refractivity contribution in [1.82, 2.24) is 9.97 Å². The van der Waals surface area contributed by atoms with Crippen molar-refractivity contribution >= 4 is 17.3 Å². The monoisotopic (exact) mass is 214 g/mol. The van der Waals surface area contributed by atoms with Gasteiger partial charge in [-0.25, -0.2) is 9.97 Å². The largest absolute Gasteiger partial charge is 0.397 e. The standard InChI is InChI=1S/C12H14N4/c1-8-3-4-11(14-6-8)16-12-5-9(2)10(13)7-15-12/h3-7H,13H2,1-2H3,(H,14,15,16). The van der Waals surface area contributed by atoms with Crippen molar-refractivity contribution in [1.29, 1.82) is 0 Å². The maximum absolute atomic E-state index is 5.70. The minimum Gasteiger partial charge on any atom is -0.397 e. The van der Waals surface area contributed by atoms with E-state index in [9.17, 15) is 0 Å². The van der Waals surface area contributed by atoms with E-state index in [-0.39, 0.29) is 0 Å². The molecule has 4 nitrogen and oxygen atoms in total. The summed E-state index contributed by atoms with van der Waals surface area (Å²) < 4.78 is 0. The van der Waals surface area contributed by atoms with Gasteiger partial charge in [0.2, 0.25) is 0 Å². The van der Waals surface area contributed by atoms with E-state index in [2.05, 4.69) is 15.3 Å². The van der Waals surface area contributed by atoms with E-state index in [0.29, 0.717) is 5.69 Å². The highest BCUT2D eigenvalue weighted by molar-refractivity contribution is 5.57. The maximum atomic E-state index is 5.70. The Labute approximate surface area is 94.5 Å². The fraction of sp³-hybridized carbons (Fsp3) is 0.167. The van der Waals surface area contributed by atoms with E-state index in [0.717, 1.165) is 22.8 Å². The van der Waals surface area contributed by atoms with Crippen LogP contribution in [0.25, 0.3) is 0 Å². The van der Waals surface area contributed by atoms with Gasteiger partial charge in [0, 0.05) is 6.20 Å². The Morgan fingerprint density at radius 1 is 1.06 bits per heavy atom. The van der Waals surface area contributed by atoms with Gasteiger partial charge in [0.15, 0.2) is 0 Å². The van der Waals surface area contributed by atoms with Crippen LogP contribution in [-0.4, -0.2) is 9.97 Å². The number of hydrogen-bond acceptors (Lipinski definition) is 4. The first kappa shape index (κ1) is 10.4. The molecule has 0 bridgehead atoms. The van der Waals surface area contributed by atoms with Crippen LogP contribution in [0.5, 0.6) is 0 Å². The molecule has 0 unspecified atom stereocenters. The van der Waals surface area contributed by atoms with Gasteiger partial charge in [-0.15, -0.1) is 0 Å². The Morgan fingerprint density at radius 3 is 2.44 bits per heavy atom. The van der Waals surface area contributed by atoms with Gasteiger partial charge in [0.1, 0.15) is 11.6 Å². The van der Waals surface area contributed by atoms with E-state index in [1.54, 1.807) is 6.20 Å². The van der Waals surface area contributed by atoms with Crippen molar-refractivity contribution in [3.63, 3.8) is 0 Å². The molecule has 2 rings (SSSR count). The Kier molecular flexibility index (Phi) is 2.72. The Morgan fingerprint density at radius 2 is 1.81 bits per heavy atom. The van der Waals surface area contributed by atoms with Crippen molar-refractivity contribution in [2.45, 2.75) is 13.8 Å². The second-order valence-electron chi connectivity index (χ2n) is 3.77. The molecule has 0 fully saturated rings. The smallest absolute Gasteiger partial charge is 0.131 e. The first-order valence-electron chi connectivity index (χ1n) is 5.07. The van der Waals surface area contributed by atoms with Gasteiger partial charge in [-0.3, -0.25) is 0 Å². The lowest BCUT2D eigenvalue weighted by molar-refractivity contribution is 1.22. The summed E-state index contributed by atoms with van der Waals surface area (Å²) in [6.45, 7) is 3.95. The number of aryl methyl sites for hydroxylation is 2. The second-order valence-corrected chi connectivity index (χ2v) is 3.77. The summed E-state index contributed by atoms with van der Waals surface area (Å²) in [5.41, 5.74) is 8.53. The summed E-state index contributed by atoms with van der Waals surface area (Å²) in [5.74, 6) is 1.53. The molecular formula is C12H14N4. The van der Waals surface area contributed by atoms with E-state index < -0.39 is 0 Å². The predicted molar refractivity (Wildman–Crippen MR) is 65.6 cm³/mol. The third-order valence-electron chi connectivity index (χ3n) is 2.32. The Hall–Kier alpha value is -2.10. The van der Waals surface area contributed by atoms with Crippen molar-refractivity contribution in [2.75, 3.05) is 11.1 Å². The van der Waals surface area contributed by atoms with E-state index in [1.165, 1.54) is 0 Å². The third kappa shape index (κ3) is 2.28. The van der Waals surface area contributed by atoms with E-state index in [4.69, 9.17) is 5.73 Å². The minimum absolute atomic E-state index is 0.697. The molecule has 3 N–H and O–H groups in total. The quantitative estimate of drug-likeness (QED) is 0.805. The van der Waals surface area contributed by atoms with Crippen LogP contribution >= 0.6 is 0 Å². The molecule has 0 radical (unpaired) electrons. The van der Waals surface area contributed by atoms with Gasteiger partial charge < -0.3 is 11.1 Å². The van der Waals surface area contributed by atoms with Crippen molar-refractivity contribution in [3.8, 4) is 0 Å². The summed E-state index contributed by atoms with van der Waals surface area (Å²) in [6, 6.07) is 5.82. The average molecular weight is 214 g/mol. The number of nitrogens with zero attached hydrogens (tertiary/aromatic N) is 2. The fourth-order valence-corrected chi connectivity index (χ4v) is 1.31. The van der Waals surface area contributed by atoms with Gasteiger partial charge in [-0.05, 0) is 37.1 Å². The van der Waals surface area contributed by atoms with Crippen LogP contribution < -0.4 is 11.1 Å². The zero-order chi connectivity index (χ0) is 11.5. The number of pyridine rings is 2. The molecule has 0 atom stereocenters. The summed E-state index contributed by atoms with van der Waals surface area (Å²) in [4.78, 5) is 8.42. The molecule has 4 heteroatoms. The molecule has 0 aromatic carbocycles. The van der Waals surface area contributed by atoms with Gasteiger partial charge in [-0.1, -0.05) is 6.07 Å². The van der Waals surface area contributed by atoms with Crippen LogP contribution in [0.15, 0.2) is 30.6 Å². The highest BCUT2D eigenvalue weighted by atomic mass is 15.0. The lowest BCUT2D eigenvalue weighted by Crippen LogP contribution is -1.98. The molecular weight excluding hydrogens is 200 g/mol. The third-order valence-corrected chi connectivity index (χ3v) is 2.32. The van der Waals surface area contributed by atoms with E-state index >= 15 is 0 Å². The molecule has 0 saturated carbocycles. The molecule has 0 amide bonds. The average Bonchev–Trinajstić information content (AvgIpc) is 2.27. The number of hydrogen-bond donors (Lipinski definition) is 2. The predicted octanol–water partition coefficient (Wildman–Crippen LogP) is 2.42. The van der Waals surface area contributed by atoms with Gasteiger partial charge in [0.25, 0.3) is 0 Å². The highest BCUT2D eigenvalue weighted by Crippen LogP contribution is 2.16. The number of nitrogens with two attached hydrogens (primary N) is 1. The highest BCUT2D eigenvalue weighted by Gasteiger charge is 1.99. The summed E-state index contributed by atoms with van der Waals surface area (Å²) in [5, 5.41) is 3.12. The van der Waals surface area contributed by atoms with Crippen LogP contribution in [0, 0.1) is 13.8 Å². The van der Waals surface area contributed by atoms with Crippen LogP contribution in [0.1, 0.15) is 11.1 Å². The molecule has 2 aromatic heterocycles. The zero-order valence-corrected chi connectivity index (χ0v) is 9.36. The van der Waals surface area contributed by atoms with Crippen LogP contribution in [-0.2, 0) is 0 Å². The molecule has 0 aliphatic carbocycles. The Balaban J connectivity index is 2.20. The first-order chi connectivity index (χ1) is 7.65. The van der Waals surface area contributed by atoms with Crippen molar-refractivity contribution in [2.24, 2.45) is 0 Å². The molecule has 0 aliphatic rings. The Bertz CT molecular complexity index is 491. The lowest BCUT2D eigenvalue weighted by atomic mass is 10.2. The van der Waals surface area contributed by atoms with Gasteiger partial charge in [-0.2, -0.15) is 0 Å². The fourth-order valence-electron chi connectivity index (χ4n) is 1.31. The second kappa shape index (κ2) is 4.18. The zero-order valence-electron chi connectivity index (χ0n) is 9.36. The summed E-state index contributed by atoms with van der Waals surface area (Å²) in [6.07, 6.45) is 3.46. The van der Waals surface area contributed by atoms with Crippen molar-refractivity contribution < 1.29 is 0 Å². The normalized spacial score (nSPS) is 10.1. The molecule has 82 valence electrons. The van der Waals surface area contributed by atoms with Crippen LogP contribution in [0.2, 0.25) is 0 Å². The van der Waals surface area contributed by atoms with Gasteiger partial charge >= 0.3 is 0 Å². The molecule has 16 heavy (non-hydrogen) atoms. The SMILES string of the molecule is Cc1ccc(Nc2cc(C)c(N)cn2)nc1. The van der Waals surface area contributed by atoms with E-state index in [1.807, 2.05) is 38.2 Å². The van der Waals surface area contributed by atoms with Crippen molar-refractivity contribution in [3.05, 3.63) is 41.7 Å². The number of rotatable bonds is 2. The molecule has 0 aliphatic heterocycles.